The van der Waals surface area contributed by atoms with Crippen LogP contribution in [-0.2, 0) is 14.3 Å². The molecule has 0 aliphatic heterocycles. The Morgan fingerprint density at radius 2 is 2.00 bits per heavy atom. The van der Waals surface area contributed by atoms with Crippen LogP contribution in [-0.4, -0.2) is 33.4 Å². The quantitative estimate of drug-likeness (QED) is 0.304. The second-order valence-corrected chi connectivity index (χ2v) is 14.6. The summed E-state index contributed by atoms with van der Waals surface area (Å²) in [6.07, 6.45) is 1.90. The number of hydrogen-bond donors (Lipinski definition) is 0. The van der Waals surface area contributed by atoms with Gasteiger partial charge in [0.25, 0.3) is 0 Å². The maximum absolute atomic E-state index is 12.4. The standard InChI is InChI=1S/C18H32O3Si/c1-13-10-15-11-17(3,4)16(18(13,15)14(2)19)21-12-20-8-9-22(5,6)7/h15-16H,1,8-12H2,2-7H3/t15-,16-,18+/m0/s1. The highest BCUT2D eigenvalue weighted by molar-refractivity contribution is 6.76. The Kier molecular flexibility index (Phi) is 4.78. The first kappa shape index (κ1) is 17.9. The molecule has 0 N–H and O–H groups in total. The number of Topliss-reactive ketones (excluding diaryl/α,β-unsaturated/α-hetero) is 1. The van der Waals surface area contributed by atoms with Crippen molar-refractivity contribution in [2.24, 2.45) is 16.7 Å². The van der Waals surface area contributed by atoms with E-state index in [9.17, 15) is 4.79 Å². The normalized spacial score (nSPS) is 33.5. The molecule has 126 valence electrons. The van der Waals surface area contributed by atoms with Gasteiger partial charge in [0.2, 0.25) is 0 Å². The van der Waals surface area contributed by atoms with Gasteiger partial charge in [0.15, 0.2) is 0 Å². The van der Waals surface area contributed by atoms with Crippen molar-refractivity contribution in [1.29, 1.82) is 0 Å². The van der Waals surface area contributed by atoms with Crippen molar-refractivity contribution in [2.75, 3.05) is 13.4 Å². The van der Waals surface area contributed by atoms with Crippen LogP contribution in [0.3, 0.4) is 0 Å². The first-order valence-corrected chi connectivity index (χ1v) is 12.1. The maximum atomic E-state index is 12.4. The molecule has 2 fully saturated rings. The van der Waals surface area contributed by atoms with Gasteiger partial charge in [0.1, 0.15) is 12.6 Å². The third-order valence-electron chi connectivity index (χ3n) is 5.51. The summed E-state index contributed by atoms with van der Waals surface area (Å²) in [7, 11) is -1.07. The number of carbonyl (C=O) groups excluding carboxylic acids is 1. The van der Waals surface area contributed by atoms with Gasteiger partial charge in [-0.2, -0.15) is 0 Å². The smallest absolute Gasteiger partial charge is 0.147 e. The Labute approximate surface area is 136 Å². The molecule has 0 unspecified atom stereocenters. The average Bonchev–Trinajstić information content (AvgIpc) is 2.51. The molecule has 22 heavy (non-hydrogen) atoms. The van der Waals surface area contributed by atoms with Crippen molar-refractivity contribution in [2.45, 2.75) is 65.4 Å². The molecule has 0 radical (unpaired) electrons. The first-order valence-electron chi connectivity index (χ1n) is 8.40. The second kappa shape index (κ2) is 5.88. The van der Waals surface area contributed by atoms with Crippen LogP contribution in [0.1, 0.15) is 33.6 Å². The summed E-state index contributed by atoms with van der Waals surface area (Å²) in [5.74, 6) is 0.617. The molecule has 2 rings (SSSR count). The minimum Gasteiger partial charge on any atom is -0.356 e. The van der Waals surface area contributed by atoms with E-state index in [1.165, 1.54) is 0 Å². The predicted octanol–water partition coefficient (Wildman–Crippen LogP) is 4.27. The van der Waals surface area contributed by atoms with Gasteiger partial charge >= 0.3 is 0 Å². The van der Waals surface area contributed by atoms with E-state index in [0.29, 0.717) is 5.92 Å². The molecule has 3 nitrogen and oxygen atoms in total. The van der Waals surface area contributed by atoms with Crippen LogP contribution in [0.25, 0.3) is 0 Å². The van der Waals surface area contributed by atoms with Gasteiger partial charge in [0, 0.05) is 14.7 Å². The van der Waals surface area contributed by atoms with Crippen LogP contribution in [0.2, 0.25) is 25.7 Å². The van der Waals surface area contributed by atoms with Crippen molar-refractivity contribution in [3.05, 3.63) is 12.2 Å². The molecule has 0 aromatic heterocycles. The van der Waals surface area contributed by atoms with Crippen molar-refractivity contribution < 1.29 is 14.3 Å². The maximum Gasteiger partial charge on any atom is 0.147 e. The zero-order valence-corrected chi connectivity index (χ0v) is 16.1. The van der Waals surface area contributed by atoms with E-state index >= 15 is 0 Å². The van der Waals surface area contributed by atoms with Gasteiger partial charge in [-0.15, -0.1) is 0 Å². The first-order chi connectivity index (χ1) is 10.0. The van der Waals surface area contributed by atoms with E-state index in [4.69, 9.17) is 9.47 Å². The molecule has 2 aliphatic carbocycles. The number of fused-ring (bicyclic) bond motifs is 1. The minimum atomic E-state index is -1.07. The summed E-state index contributed by atoms with van der Waals surface area (Å²) in [6.45, 7) is 18.3. The van der Waals surface area contributed by atoms with Gasteiger partial charge in [-0.3, -0.25) is 4.79 Å². The molecule has 4 heteroatoms. The summed E-state index contributed by atoms with van der Waals surface area (Å²) in [5, 5.41) is 0. The third-order valence-corrected chi connectivity index (χ3v) is 7.22. The number of hydrogen-bond acceptors (Lipinski definition) is 3. The Hall–Kier alpha value is -0.453. The minimum absolute atomic E-state index is 0.00207. The van der Waals surface area contributed by atoms with Gasteiger partial charge in [-0.05, 0) is 37.1 Å². The lowest BCUT2D eigenvalue weighted by molar-refractivity contribution is -0.164. The zero-order valence-electron chi connectivity index (χ0n) is 15.1. The van der Waals surface area contributed by atoms with Crippen LogP contribution in [0.5, 0.6) is 0 Å². The molecule has 2 aliphatic rings. The molecule has 0 heterocycles. The summed E-state index contributed by atoms with van der Waals surface area (Å²) in [4.78, 5) is 12.4. The molecule has 3 atom stereocenters. The van der Waals surface area contributed by atoms with E-state index in [1.54, 1.807) is 6.92 Å². The molecule has 0 bridgehead atoms. The molecular formula is C18H32O3Si. The van der Waals surface area contributed by atoms with Gasteiger partial charge in [0.05, 0.1) is 11.5 Å². The zero-order chi connectivity index (χ0) is 16.8. The van der Waals surface area contributed by atoms with Crippen LogP contribution < -0.4 is 0 Å². The van der Waals surface area contributed by atoms with Crippen LogP contribution >= 0.6 is 0 Å². The highest BCUT2D eigenvalue weighted by atomic mass is 28.3. The lowest BCUT2D eigenvalue weighted by Crippen LogP contribution is -2.53. The SMILES string of the molecule is C=C1C[C@H]2CC(C)(C)[C@H](OCOCC[Si](C)(C)C)[C@@]12C(C)=O. The fourth-order valence-electron chi connectivity index (χ4n) is 4.41. The van der Waals surface area contributed by atoms with Crippen LogP contribution in [0.15, 0.2) is 12.2 Å². The third kappa shape index (κ3) is 2.97. The van der Waals surface area contributed by atoms with Crippen molar-refractivity contribution in [3.8, 4) is 0 Å². The summed E-state index contributed by atoms with van der Waals surface area (Å²) < 4.78 is 11.8. The molecular weight excluding hydrogens is 292 g/mol. The number of rotatable bonds is 7. The molecule has 2 saturated carbocycles. The number of ketones is 1. The Morgan fingerprint density at radius 1 is 1.36 bits per heavy atom. The van der Waals surface area contributed by atoms with E-state index in [2.05, 4.69) is 40.1 Å². The lowest BCUT2D eigenvalue weighted by Gasteiger charge is -2.49. The van der Waals surface area contributed by atoms with E-state index in [0.717, 1.165) is 31.1 Å². The fourth-order valence-corrected chi connectivity index (χ4v) is 5.16. The highest BCUT2D eigenvalue weighted by Gasteiger charge is 2.68. The van der Waals surface area contributed by atoms with Gasteiger partial charge in [-0.1, -0.05) is 45.6 Å². The Morgan fingerprint density at radius 3 is 2.50 bits per heavy atom. The molecule has 0 aromatic rings. The fraction of sp³-hybridized carbons (Fsp3) is 0.833. The average molecular weight is 325 g/mol. The largest absolute Gasteiger partial charge is 0.356 e. The number of ether oxygens (including phenoxy) is 2. The van der Waals surface area contributed by atoms with E-state index < -0.39 is 13.5 Å². The van der Waals surface area contributed by atoms with Crippen molar-refractivity contribution in [1.82, 2.24) is 0 Å². The number of carbonyl (C=O) groups is 1. The van der Waals surface area contributed by atoms with E-state index in [1.807, 2.05) is 0 Å². The van der Waals surface area contributed by atoms with E-state index in [-0.39, 0.29) is 24.1 Å². The Bertz CT molecular complexity index is 453. The highest BCUT2D eigenvalue weighted by Crippen LogP contribution is 2.67. The van der Waals surface area contributed by atoms with Crippen LogP contribution in [0, 0.1) is 16.7 Å². The van der Waals surface area contributed by atoms with Gasteiger partial charge < -0.3 is 9.47 Å². The summed E-state index contributed by atoms with van der Waals surface area (Å²) >= 11 is 0. The predicted molar refractivity (Wildman–Crippen MR) is 92.6 cm³/mol. The van der Waals surface area contributed by atoms with Crippen molar-refractivity contribution >= 4 is 13.9 Å². The summed E-state index contributed by atoms with van der Waals surface area (Å²) in [6, 6.07) is 1.14. The molecule has 0 amide bonds. The summed E-state index contributed by atoms with van der Waals surface area (Å²) in [5.41, 5.74) is 0.603. The van der Waals surface area contributed by atoms with Gasteiger partial charge in [-0.25, -0.2) is 0 Å². The van der Waals surface area contributed by atoms with Crippen molar-refractivity contribution in [3.63, 3.8) is 0 Å². The molecule has 0 spiro atoms. The topological polar surface area (TPSA) is 35.5 Å². The lowest BCUT2D eigenvalue weighted by atomic mass is 9.55. The monoisotopic (exact) mass is 324 g/mol. The molecule has 0 aromatic carbocycles. The second-order valence-electron chi connectivity index (χ2n) is 9.01. The molecule has 0 saturated heterocycles. The van der Waals surface area contributed by atoms with Crippen LogP contribution in [0.4, 0.5) is 0 Å². The Balaban J connectivity index is 1.98.